The quantitative estimate of drug-likeness (QED) is 0.259. The second-order valence-electron chi connectivity index (χ2n) is 14.1. The van der Waals surface area contributed by atoms with Crippen LogP contribution < -0.4 is 0 Å². The smallest absolute Gasteiger partial charge is 0.297 e. The number of epoxide rings is 1. The van der Waals surface area contributed by atoms with E-state index >= 15 is 0 Å². The highest BCUT2D eigenvalue weighted by Crippen LogP contribution is 2.68. The van der Waals surface area contributed by atoms with Gasteiger partial charge in [0.05, 0.1) is 37.2 Å². The predicted molar refractivity (Wildman–Crippen MR) is 145 cm³/mol. The van der Waals surface area contributed by atoms with Crippen LogP contribution in [0.5, 0.6) is 0 Å². The van der Waals surface area contributed by atoms with Gasteiger partial charge in [0.2, 0.25) is 0 Å². The lowest BCUT2D eigenvalue weighted by molar-refractivity contribution is -0.932. The lowest BCUT2D eigenvalue weighted by Crippen LogP contribution is -2.58. The molecule has 0 N–H and O–H groups in total. The van der Waals surface area contributed by atoms with Crippen molar-refractivity contribution in [1.82, 2.24) is 0 Å². The van der Waals surface area contributed by atoms with Crippen LogP contribution >= 0.6 is 0 Å². The van der Waals surface area contributed by atoms with Gasteiger partial charge in [-0.2, -0.15) is 8.42 Å². The van der Waals surface area contributed by atoms with Crippen molar-refractivity contribution in [1.29, 1.82) is 0 Å². The second kappa shape index (κ2) is 8.78. The lowest BCUT2D eigenvalue weighted by Gasteiger charge is -2.59. The van der Waals surface area contributed by atoms with Gasteiger partial charge in [-0.15, -0.1) is 0 Å². The standard InChI is InChI=1S/C31H48NO4S/c1-7-32(6,8-2)26-18-25-23-14-11-21-17-27-28(35-27)19-31(21,5)24(23)15-16-30(25,4)29(26)36-37(33,34)22-12-9-20(3)10-13-22/h9-10,12-13,21,23-29H,7-8,11,14-19H2,1-6H3/q+1/t21?,23-,24-,25+,26?,27?,28?,29?,30+,31+/m1/s1. The van der Waals surface area contributed by atoms with E-state index in [-0.39, 0.29) is 22.5 Å². The SMILES string of the molecule is CC[N+](C)(CC)C1C[C@H]2[C@@H]3CCC4CC5OC5C[C@]4(C)[C@@H]3CC[C@]2(C)C1OS(=O)(=O)c1ccc(C)cc1. The Bertz CT molecular complexity index is 1130. The molecule has 0 bridgehead atoms. The average Bonchev–Trinajstić information content (AvgIpc) is 3.55. The van der Waals surface area contributed by atoms with Crippen molar-refractivity contribution in [3.05, 3.63) is 29.8 Å². The van der Waals surface area contributed by atoms with Crippen LogP contribution in [0.25, 0.3) is 0 Å². The van der Waals surface area contributed by atoms with Crippen LogP contribution in [0.15, 0.2) is 29.2 Å². The summed E-state index contributed by atoms with van der Waals surface area (Å²) in [6.07, 6.45) is 9.17. The zero-order valence-electron chi connectivity index (χ0n) is 23.8. The third kappa shape index (κ3) is 3.98. The molecule has 10 atom stereocenters. The highest BCUT2D eigenvalue weighted by atomic mass is 32.2. The molecule has 0 amide bonds. The summed E-state index contributed by atoms with van der Waals surface area (Å²) in [5.74, 6) is 2.70. The van der Waals surface area contributed by atoms with E-state index in [9.17, 15) is 8.42 Å². The van der Waals surface area contributed by atoms with Crippen LogP contribution in [-0.4, -0.2) is 57.4 Å². The maximum Gasteiger partial charge on any atom is 0.297 e. The fourth-order valence-electron chi connectivity index (χ4n) is 9.83. The summed E-state index contributed by atoms with van der Waals surface area (Å²) in [7, 11) is -1.53. The minimum atomic E-state index is -3.85. The molecule has 0 radical (unpaired) electrons. The predicted octanol–water partition coefficient (Wildman–Crippen LogP) is 5.95. The summed E-state index contributed by atoms with van der Waals surface area (Å²) >= 11 is 0. The van der Waals surface area contributed by atoms with Crippen LogP contribution in [0.2, 0.25) is 0 Å². The monoisotopic (exact) mass is 530 g/mol. The molecule has 5 aliphatic rings. The molecule has 4 saturated carbocycles. The number of fused-ring (bicyclic) bond motifs is 6. The molecule has 5 fully saturated rings. The Morgan fingerprint density at radius 2 is 1.68 bits per heavy atom. The van der Waals surface area contributed by atoms with Gasteiger partial charge < -0.3 is 9.22 Å². The fourth-order valence-corrected chi connectivity index (χ4v) is 11.0. The third-order valence-electron chi connectivity index (χ3n) is 12.6. The van der Waals surface area contributed by atoms with E-state index in [4.69, 9.17) is 8.92 Å². The number of benzene rings is 1. The Morgan fingerprint density at radius 1 is 0.973 bits per heavy atom. The fraction of sp³-hybridized carbons (Fsp3) is 0.806. The van der Waals surface area contributed by atoms with Gasteiger partial charge in [0, 0.05) is 11.8 Å². The van der Waals surface area contributed by atoms with Crippen LogP contribution in [0.3, 0.4) is 0 Å². The van der Waals surface area contributed by atoms with Gasteiger partial charge in [0.15, 0.2) is 0 Å². The van der Waals surface area contributed by atoms with E-state index in [2.05, 4.69) is 34.7 Å². The van der Waals surface area contributed by atoms with E-state index in [1.807, 2.05) is 19.1 Å². The van der Waals surface area contributed by atoms with Crippen molar-refractivity contribution in [2.45, 2.75) is 109 Å². The van der Waals surface area contributed by atoms with E-state index in [0.717, 1.165) is 47.8 Å². The lowest BCUT2D eigenvalue weighted by atomic mass is 9.45. The van der Waals surface area contributed by atoms with Crippen molar-refractivity contribution in [3.63, 3.8) is 0 Å². The summed E-state index contributed by atoms with van der Waals surface area (Å²) in [6, 6.07) is 7.34. The zero-order chi connectivity index (χ0) is 26.4. The van der Waals surface area contributed by atoms with Crippen molar-refractivity contribution in [2.24, 2.45) is 34.5 Å². The molecule has 6 heteroatoms. The number of quaternary nitrogens is 1. The molecule has 1 aromatic rings. The normalized spacial score (nSPS) is 44.9. The van der Waals surface area contributed by atoms with Crippen LogP contribution in [0.4, 0.5) is 0 Å². The number of aryl methyl sites for hydroxylation is 1. The molecular weight excluding hydrogens is 482 g/mol. The molecule has 1 aromatic carbocycles. The molecule has 5 unspecified atom stereocenters. The summed E-state index contributed by atoms with van der Waals surface area (Å²) in [6.45, 7) is 13.4. The molecule has 6 rings (SSSR count). The highest BCUT2D eigenvalue weighted by Gasteiger charge is 2.68. The molecule has 0 spiro atoms. The summed E-state index contributed by atoms with van der Waals surface area (Å²) in [5.41, 5.74) is 1.31. The van der Waals surface area contributed by atoms with Gasteiger partial charge in [-0.05, 0) is 101 Å². The molecule has 1 saturated heterocycles. The van der Waals surface area contributed by atoms with Crippen molar-refractivity contribution in [3.8, 4) is 0 Å². The molecule has 1 aliphatic heterocycles. The van der Waals surface area contributed by atoms with Crippen LogP contribution in [-0.2, 0) is 19.0 Å². The molecule has 1 heterocycles. The van der Waals surface area contributed by atoms with Gasteiger partial charge in [-0.25, -0.2) is 0 Å². The summed E-state index contributed by atoms with van der Waals surface area (Å²) < 4.78 is 40.7. The van der Waals surface area contributed by atoms with E-state index in [1.165, 1.54) is 32.1 Å². The largest absolute Gasteiger partial charge is 0.370 e. The summed E-state index contributed by atoms with van der Waals surface area (Å²) in [5, 5.41) is 0. The minimum Gasteiger partial charge on any atom is -0.370 e. The number of hydrogen-bond acceptors (Lipinski definition) is 4. The van der Waals surface area contributed by atoms with E-state index in [1.54, 1.807) is 12.1 Å². The van der Waals surface area contributed by atoms with Crippen molar-refractivity contribution in [2.75, 3.05) is 20.1 Å². The topological polar surface area (TPSA) is 55.9 Å². The second-order valence-corrected chi connectivity index (χ2v) is 15.6. The number of nitrogens with zero attached hydrogens (tertiary/aromatic N) is 1. The average molecular weight is 531 g/mol. The Morgan fingerprint density at radius 3 is 2.35 bits per heavy atom. The van der Waals surface area contributed by atoms with Crippen LogP contribution in [0, 0.1) is 41.4 Å². The van der Waals surface area contributed by atoms with E-state index in [0.29, 0.717) is 29.5 Å². The van der Waals surface area contributed by atoms with Gasteiger partial charge in [-0.3, -0.25) is 4.18 Å². The van der Waals surface area contributed by atoms with Crippen molar-refractivity contribution < 1.29 is 21.8 Å². The number of rotatable bonds is 6. The van der Waals surface area contributed by atoms with Gasteiger partial charge in [0.1, 0.15) is 12.1 Å². The molecule has 37 heavy (non-hydrogen) atoms. The Labute approximate surface area is 225 Å². The first-order valence-corrected chi connectivity index (χ1v) is 16.4. The minimum absolute atomic E-state index is 0.121. The first-order chi connectivity index (χ1) is 17.4. The Balaban J connectivity index is 1.35. The number of ether oxygens (including phenoxy) is 1. The zero-order valence-corrected chi connectivity index (χ0v) is 24.6. The highest BCUT2D eigenvalue weighted by molar-refractivity contribution is 7.86. The number of hydrogen-bond donors (Lipinski definition) is 0. The summed E-state index contributed by atoms with van der Waals surface area (Å²) in [4.78, 5) is 0.286. The number of likely N-dealkylation sites (N-methyl/N-ethyl adjacent to an activating group) is 1. The Hall–Kier alpha value is -0.950. The maximum absolute atomic E-state index is 13.7. The van der Waals surface area contributed by atoms with Crippen molar-refractivity contribution >= 4 is 10.1 Å². The molecule has 5 nitrogen and oxygen atoms in total. The molecule has 4 aliphatic carbocycles. The maximum atomic E-state index is 13.7. The van der Waals surface area contributed by atoms with Crippen LogP contribution in [0.1, 0.15) is 78.2 Å². The third-order valence-corrected chi connectivity index (χ3v) is 13.9. The molecule has 206 valence electrons. The molecule has 0 aromatic heterocycles. The first-order valence-electron chi connectivity index (χ1n) is 14.9. The van der Waals surface area contributed by atoms with Gasteiger partial charge >= 0.3 is 0 Å². The van der Waals surface area contributed by atoms with E-state index < -0.39 is 10.1 Å². The van der Waals surface area contributed by atoms with Gasteiger partial charge in [0.25, 0.3) is 10.1 Å². The first kappa shape index (κ1) is 26.3. The molecular formula is C31H48NO4S+. The Kier molecular flexibility index (Phi) is 6.23. The van der Waals surface area contributed by atoms with Gasteiger partial charge in [-0.1, -0.05) is 31.5 Å².